The summed E-state index contributed by atoms with van der Waals surface area (Å²) in [6, 6.07) is 0. The molecule has 0 aromatic carbocycles. The van der Waals surface area contributed by atoms with Gasteiger partial charge >= 0.3 is 0 Å². The van der Waals surface area contributed by atoms with E-state index in [2.05, 4.69) is 15.9 Å². The van der Waals surface area contributed by atoms with Crippen molar-refractivity contribution < 1.29 is 10.2 Å². The summed E-state index contributed by atoms with van der Waals surface area (Å²) in [7, 11) is 0. The van der Waals surface area contributed by atoms with Crippen LogP contribution in [0.2, 0.25) is 0 Å². The van der Waals surface area contributed by atoms with Crippen molar-refractivity contribution in [3.05, 3.63) is 11.6 Å². The summed E-state index contributed by atoms with van der Waals surface area (Å²) in [5.74, 6) is 0. The average molecular weight is 221 g/mol. The zero-order valence-electron chi connectivity index (χ0n) is 6.33. The van der Waals surface area contributed by atoms with Crippen LogP contribution < -0.4 is 0 Å². The Labute approximate surface area is 75.1 Å². The Kier molecular flexibility index (Phi) is 3.55. The fourth-order valence-corrected chi connectivity index (χ4v) is 1.78. The van der Waals surface area contributed by atoms with Crippen molar-refractivity contribution in [2.24, 2.45) is 0 Å². The molecule has 64 valence electrons. The van der Waals surface area contributed by atoms with Gasteiger partial charge in [-0.3, -0.25) is 0 Å². The van der Waals surface area contributed by atoms with Gasteiger partial charge in [-0.05, 0) is 24.8 Å². The Morgan fingerprint density at radius 3 is 2.91 bits per heavy atom. The molecule has 0 spiro atoms. The fraction of sp³-hybridized carbons (Fsp3) is 0.750. The highest BCUT2D eigenvalue weighted by Crippen LogP contribution is 2.21. The van der Waals surface area contributed by atoms with E-state index >= 15 is 0 Å². The lowest BCUT2D eigenvalue weighted by atomic mass is 9.92. The van der Waals surface area contributed by atoms with Crippen LogP contribution in [0.4, 0.5) is 0 Å². The molecule has 11 heavy (non-hydrogen) atoms. The SMILES string of the molecule is O[C@@H]1C(CCBr)=CCC[C@@H]1O. The molecule has 0 unspecified atom stereocenters. The highest BCUT2D eigenvalue weighted by molar-refractivity contribution is 9.09. The molecule has 0 aromatic heterocycles. The van der Waals surface area contributed by atoms with Gasteiger partial charge in [0.15, 0.2) is 0 Å². The Balaban J connectivity index is 2.54. The zero-order chi connectivity index (χ0) is 8.27. The van der Waals surface area contributed by atoms with Crippen molar-refractivity contribution >= 4 is 15.9 Å². The van der Waals surface area contributed by atoms with Crippen molar-refractivity contribution in [3.8, 4) is 0 Å². The third-order valence-electron chi connectivity index (χ3n) is 2.00. The summed E-state index contributed by atoms with van der Waals surface area (Å²) in [4.78, 5) is 0. The predicted molar refractivity (Wildman–Crippen MR) is 47.7 cm³/mol. The lowest BCUT2D eigenvalue weighted by Gasteiger charge is -2.24. The number of allylic oxidation sites excluding steroid dienone is 1. The summed E-state index contributed by atoms with van der Waals surface area (Å²) < 4.78 is 0. The molecule has 1 aliphatic carbocycles. The van der Waals surface area contributed by atoms with Crippen molar-refractivity contribution in [2.45, 2.75) is 31.5 Å². The smallest absolute Gasteiger partial charge is 0.101 e. The molecule has 2 nitrogen and oxygen atoms in total. The van der Waals surface area contributed by atoms with Crippen LogP contribution in [0, 0.1) is 0 Å². The van der Waals surface area contributed by atoms with Crippen LogP contribution in [0.15, 0.2) is 11.6 Å². The van der Waals surface area contributed by atoms with Gasteiger partial charge in [0.2, 0.25) is 0 Å². The van der Waals surface area contributed by atoms with Gasteiger partial charge in [0.25, 0.3) is 0 Å². The van der Waals surface area contributed by atoms with E-state index in [1.807, 2.05) is 6.08 Å². The molecule has 0 bridgehead atoms. The molecule has 0 radical (unpaired) electrons. The maximum absolute atomic E-state index is 9.43. The second-order valence-corrected chi connectivity index (χ2v) is 3.60. The molecule has 0 saturated heterocycles. The van der Waals surface area contributed by atoms with Gasteiger partial charge in [-0.25, -0.2) is 0 Å². The van der Waals surface area contributed by atoms with Gasteiger partial charge in [-0.1, -0.05) is 22.0 Å². The molecule has 0 aromatic rings. The Hall–Kier alpha value is 0.140. The van der Waals surface area contributed by atoms with E-state index in [1.165, 1.54) is 0 Å². The standard InChI is InChI=1S/C8H13BrO2/c9-5-4-6-2-1-3-7(10)8(6)11/h2,7-8,10-11H,1,3-5H2/t7-,8+/m0/s1. The lowest BCUT2D eigenvalue weighted by Crippen LogP contribution is -2.30. The topological polar surface area (TPSA) is 40.5 Å². The Morgan fingerprint density at radius 1 is 1.55 bits per heavy atom. The molecule has 3 heteroatoms. The molecule has 1 aliphatic rings. The molecule has 2 N–H and O–H groups in total. The van der Waals surface area contributed by atoms with Crippen LogP contribution in [0.3, 0.4) is 0 Å². The quantitative estimate of drug-likeness (QED) is 0.543. The van der Waals surface area contributed by atoms with Crippen molar-refractivity contribution in [2.75, 3.05) is 5.33 Å². The first-order valence-corrected chi connectivity index (χ1v) is 4.99. The minimum absolute atomic E-state index is 0.547. The van der Waals surface area contributed by atoms with E-state index in [4.69, 9.17) is 0 Å². The number of halogens is 1. The van der Waals surface area contributed by atoms with Crippen LogP contribution >= 0.6 is 15.9 Å². The molecule has 0 fully saturated rings. The van der Waals surface area contributed by atoms with Gasteiger partial charge in [0.1, 0.15) is 6.10 Å². The van der Waals surface area contributed by atoms with E-state index in [1.54, 1.807) is 0 Å². The number of aliphatic hydroxyl groups is 2. The lowest BCUT2D eigenvalue weighted by molar-refractivity contribution is 0.0299. The van der Waals surface area contributed by atoms with E-state index in [0.717, 1.165) is 23.7 Å². The first-order valence-electron chi connectivity index (χ1n) is 3.86. The number of alkyl halides is 1. The van der Waals surface area contributed by atoms with Crippen LogP contribution in [0.5, 0.6) is 0 Å². The van der Waals surface area contributed by atoms with Crippen molar-refractivity contribution in [1.82, 2.24) is 0 Å². The summed E-state index contributed by atoms with van der Waals surface area (Å²) >= 11 is 3.30. The van der Waals surface area contributed by atoms with Gasteiger partial charge in [0, 0.05) is 5.33 Å². The van der Waals surface area contributed by atoms with Crippen LogP contribution in [0.1, 0.15) is 19.3 Å². The van der Waals surface area contributed by atoms with Gasteiger partial charge < -0.3 is 10.2 Å². The summed E-state index contributed by atoms with van der Waals surface area (Å²) in [5, 5.41) is 19.5. The fourth-order valence-electron chi connectivity index (χ4n) is 1.32. The third-order valence-corrected chi connectivity index (χ3v) is 2.39. The Bertz CT molecular complexity index is 156. The predicted octanol–water partition coefficient (Wildman–Crippen LogP) is 1.21. The largest absolute Gasteiger partial charge is 0.390 e. The second kappa shape index (κ2) is 4.24. The zero-order valence-corrected chi connectivity index (χ0v) is 7.92. The van der Waals surface area contributed by atoms with E-state index in [9.17, 15) is 10.2 Å². The van der Waals surface area contributed by atoms with Crippen LogP contribution in [-0.2, 0) is 0 Å². The minimum Gasteiger partial charge on any atom is -0.390 e. The van der Waals surface area contributed by atoms with E-state index < -0.39 is 12.2 Å². The highest BCUT2D eigenvalue weighted by atomic mass is 79.9. The monoisotopic (exact) mass is 220 g/mol. The normalized spacial score (nSPS) is 31.7. The molecule has 0 saturated carbocycles. The number of hydrogen-bond donors (Lipinski definition) is 2. The van der Waals surface area contributed by atoms with Gasteiger partial charge in [0.05, 0.1) is 6.10 Å². The maximum atomic E-state index is 9.43. The van der Waals surface area contributed by atoms with Gasteiger partial charge in [-0.2, -0.15) is 0 Å². The van der Waals surface area contributed by atoms with E-state index in [0.29, 0.717) is 6.42 Å². The van der Waals surface area contributed by atoms with Crippen molar-refractivity contribution in [1.29, 1.82) is 0 Å². The van der Waals surface area contributed by atoms with Crippen LogP contribution in [0.25, 0.3) is 0 Å². The Morgan fingerprint density at radius 2 is 2.27 bits per heavy atom. The first-order chi connectivity index (χ1) is 5.25. The number of rotatable bonds is 2. The summed E-state index contributed by atoms with van der Waals surface area (Å²) in [6.07, 6.45) is 3.26. The molecule has 0 heterocycles. The molecular formula is C8H13BrO2. The number of aliphatic hydroxyl groups excluding tert-OH is 2. The minimum atomic E-state index is -0.624. The van der Waals surface area contributed by atoms with Gasteiger partial charge in [-0.15, -0.1) is 0 Å². The summed E-state index contributed by atoms with van der Waals surface area (Å²) in [6.45, 7) is 0. The second-order valence-electron chi connectivity index (χ2n) is 2.81. The molecule has 2 atom stereocenters. The van der Waals surface area contributed by atoms with Crippen LogP contribution in [-0.4, -0.2) is 27.8 Å². The average Bonchev–Trinajstić information content (AvgIpc) is 1.99. The van der Waals surface area contributed by atoms with E-state index in [-0.39, 0.29) is 0 Å². The maximum Gasteiger partial charge on any atom is 0.101 e. The third kappa shape index (κ3) is 2.29. The molecular weight excluding hydrogens is 208 g/mol. The highest BCUT2D eigenvalue weighted by Gasteiger charge is 2.22. The number of hydrogen-bond acceptors (Lipinski definition) is 2. The first kappa shape index (κ1) is 9.23. The summed E-state index contributed by atoms with van der Waals surface area (Å²) in [5.41, 5.74) is 0.973. The molecule has 0 amide bonds. The molecule has 0 aliphatic heterocycles. The van der Waals surface area contributed by atoms with Crippen molar-refractivity contribution in [3.63, 3.8) is 0 Å². The molecule has 1 rings (SSSR count).